The molecule has 0 spiro atoms. The van der Waals surface area contributed by atoms with Crippen LogP contribution in [-0.4, -0.2) is 29.8 Å². The van der Waals surface area contributed by atoms with E-state index in [0.717, 1.165) is 27.8 Å². The van der Waals surface area contributed by atoms with Crippen LogP contribution in [0.2, 0.25) is 0 Å². The zero-order valence-corrected chi connectivity index (χ0v) is 18.2. The minimum Gasteiger partial charge on any atom is -0.480 e. The summed E-state index contributed by atoms with van der Waals surface area (Å²) >= 11 is 0. The molecule has 1 aliphatic carbocycles. The molecule has 2 N–H and O–H groups in total. The first-order valence-electron chi connectivity index (χ1n) is 10.9. The molecule has 5 nitrogen and oxygen atoms in total. The number of carboxylic acid groups (broad SMARTS) is 1. The highest BCUT2D eigenvalue weighted by atomic mass is 16.5. The van der Waals surface area contributed by atoms with Gasteiger partial charge >= 0.3 is 12.1 Å². The first kappa shape index (κ1) is 21.6. The van der Waals surface area contributed by atoms with Gasteiger partial charge in [0.05, 0.1) is 0 Å². The minimum atomic E-state index is -1.09. The zero-order chi connectivity index (χ0) is 22.7. The van der Waals surface area contributed by atoms with Gasteiger partial charge < -0.3 is 15.2 Å². The van der Waals surface area contributed by atoms with E-state index in [0.29, 0.717) is 5.92 Å². The third-order valence-electron chi connectivity index (χ3n) is 6.02. The number of carbonyl (C=O) groups excluding carboxylic acids is 1. The van der Waals surface area contributed by atoms with Crippen LogP contribution in [-0.2, 0) is 16.0 Å². The molecule has 0 bridgehead atoms. The van der Waals surface area contributed by atoms with Crippen molar-refractivity contribution in [1.29, 1.82) is 0 Å². The molecule has 4 rings (SSSR count). The maximum Gasteiger partial charge on any atom is 0.407 e. The minimum absolute atomic E-state index is 0.0694. The van der Waals surface area contributed by atoms with E-state index < -0.39 is 18.1 Å². The van der Waals surface area contributed by atoms with E-state index in [1.54, 1.807) is 0 Å². The molecule has 1 aliphatic rings. The normalized spacial score (nSPS) is 13.3. The summed E-state index contributed by atoms with van der Waals surface area (Å²) in [6.45, 7) is 4.36. The molecule has 0 saturated carbocycles. The van der Waals surface area contributed by atoms with Crippen molar-refractivity contribution in [3.8, 4) is 11.1 Å². The van der Waals surface area contributed by atoms with Gasteiger partial charge in [-0.25, -0.2) is 9.59 Å². The summed E-state index contributed by atoms with van der Waals surface area (Å²) in [6.07, 6.45) is -0.532. The van der Waals surface area contributed by atoms with E-state index in [4.69, 9.17) is 4.74 Å². The molecule has 164 valence electrons. The topological polar surface area (TPSA) is 75.6 Å². The van der Waals surface area contributed by atoms with Gasteiger partial charge in [-0.05, 0) is 39.3 Å². The monoisotopic (exact) mass is 429 g/mol. The highest BCUT2D eigenvalue weighted by molar-refractivity contribution is 5.81. The molecular formula is C27H27NO4. The van der Waals surface area contributed by atoms with Gasteiger partial charge in [-0.1, -0.05) is 86.6 Å². The fraction of sp³-hybridized carbons (Fsp3) is 0.259. The van der Waals surface area contributed by atoms with Gasteiger partial charge in [-0.2, -0.15) is 0 Å². The van der Waals surface area contributed by atoms with Crippen LogP contribution in [0.5, 0.6) is 0 Å². The molecule has 0 radical (unpaired) electrons. The summed E-state index contributed by atoms with van der Waals surface area (Å²) in [7, 11) is 0. The molecular weight excluding hydrogens is 402 g/mol. The number of amides is 1. The van der Waals surface area contributed by atoms with Gasteiger partial charge in [0.1, 0.15) is 12.6 Å². The number of carboxylic acids is 1. The fourth-order valence-electron chi connectivity index (χ4n) is 4.26. The summed E-state index contributed by atoms with van der Waals surface area (Å²) in [5, 5.41) is 12.1. The van der Waals surface area contributed by atoms with Gasteiger partial charge in [0.15, 0.2) is 0 Å². The number of carbonyl (C=O) groups is 2. The smallest absolute Gasteiger partial charge is 0.407 e. The van der Waals surface area contributed by atoms with Gasteiger partial charge in [0, 0.05) is 12.3 Å². The van der Waals surface area contributed by atoms with Gasteiger partial charge in [-0.3, -0.25) is 0 Å². The molecule has 0 heterocycles. The molecule has 0 fully saturated rings. The lowest BCUT2D eigenvalue weighted by molar-refractivity contribution is -0.139. The lowest BCUT2D eigenvalue weighted by atomic mass is 9.98. The Bertz CT molecular complexity index is 1080. The van der Waals surface area contributed by atoms with E-state index in [2.05, 4.69) is 31.3 Å². The summed E-state index contributed by atoms with van der Waals surface area (Å²) in [4.78, 5) is 24.2. The zero-order valence-electron chi connectivity index (χ0n) is 18.2. The molecule has 0 aromatic heterocycles. The van der Waals surface area contributed by atoms with Crippen molar-refractivity contribution >= 4 is 12.1 Å². The van der Waals surface area contributed by atoms with E-state index >= 15 is 0 Å². The lowest BCUT2D eigenvalue weighted by Gasteiger charge is -2.18. The average Bonchev–Trinajstić information content (AvgIpc) is 3.11. The van der Waals surface area contributed by atoms with Crippen LogP contribution in [0.25, 0.3) is 11.1 Å². The third kappa shape index (κ3) is 4.52. The van der Waals surface area contributed by atoms with Crippen LogP contribution in [0, 0.1) is 0 Å². The summed E-state index contributed by atoms with van der Waals surface area (Å²) < 4.78 is 5.50. The van der Waals surface area contributed by atoms with Gasteiger partial charge in [0.2, 0.25) is 0 Å². The largest absolute Gasteiger partial charge is 0.480 e. The van der Waals surface area contributed by atoms with E-state index in [-0.39, 0.29) is 18.9 Å². The Balaban J connectivity index is 1.41. The Kier molecular flexibility index (Phi) is 6.26. The number of hydrogen-bond donors (Lipinski definition) is 2. The third-order valence-corrected chi connectivity index (χ3v) is 6.02. The van der Waals surface area contributed by atoms with Gasteiger partial charge in [-0.15, -0.1) is 0 Å². The van der Waals surface area contributed by atoms with Crippen molar-refractivity contribution in [1.82, 2.24) is 5.32 Å². The molecule has 3 aromatic carbocycles. The van der Waals surface area contributed by atoms with Crippen molar-refractivity contribution in [3.63, 3.8) is 0 Å². The van der Waals surface area contributed by atoms with Crippen LogP contribution in [0.4, 0.5) is 4.79 Å². The lowest BCUT2D eigenvalue weighted by Crippen LogP contribution is -2.42. The molecule has 0 aliphatic heterocycles. The van der Waals surface area contributed by atoms with Crippen LogP contribution in [0.15, 0.2) is 72.8 Å². The molecule has 1 atom stereocenters. The van der Waals surface area contributed by atoms with Gasteiger partial charge in [0.25, 0.3) is 0 Å². The Morgan fingerprint density at radius 2 is 1.47 bits per heavy atom. The Hall–Kier alpha value is -3.60. The maximum atomic E-state index is 12.5. The fourth-order valence-corrected chi connectivity index (χ4v) is 4.26. The van der Waals surface area contributed by atoms with E-state index in [1.807, 2.05) is 60.7 Å². The number of ether oxygens (including phenoxy) is 1. The molecule has 0 unspecified atom stereocenters. The SMILES string of the molecule is CC(C)c1ccc(C[C@@H](NC(=O)OCC2c3ccccc3-c3ccccc32)C(=O)O)cc1. The number of rotatable bonds is 7. The van der Waals surface area contributed by atoms with Crippen LogP contribution < -0.4 is 5.32 Å². The van der Waals surface area contributed by atoms with Crippen molar-refractivity contribution < 1.29 is 19.4 Å². The molecule has 3 aromatic rings. The van der Waals surface area contributed by atoms with Crippen LogP contribution in [0.3, 0.4) is 0 Å². The predicted molar refractivity (Wildman–Crippen MR) is 124 cm³/mol. The first-order chi connectivity index (χ1) is 15.4. The Labute approximate surface area is 188 Å². The van der Waals surface area contributed by atoms with Crippen LogP contribution >= 0.6 is 0 Å². The number of hydrogen-bond acceptors (Lipinski definition) is 3. The van der Waals surface area contributed by atoms with Crippen LogP contribution in [0.1, 0.15) is 47.9 Å². The summed E-state index contributed by atoms with van der Waals surface area (Å²) in [5.74, 6) is -0.760. The van der Waals surface area contributed by atoms with Crippen molar-refractivity contribution in [2.24, 2.45) is 0 Å². The molecule has 0 saturated heterocycles. The van der Waals surface area contributed by atoms with E-state index in [1.165, 1.54) is 5.56 Å². The number of fused-ring (bicyclic) bond motifs is 3. The molecule has 5 heteroatoms. The van der Waals surface area contributed by atoms with Crippen molar-refractivity contribution in [3.05, 3.63) is 95.1 Å². The van der Waals surface area contributed by atoms with Crippen molar-refractivity contribution in [2.75, 3.05) is 6.61 Å². The molecule has 1 amide bonds. The first-order valence-corrected chi connectivity index (χ1v) is 10.9. The average molecular weight is 430 g/mol. The Morgan fingerprint density at radius 1 is 0.906 bits per heavy atom. The maximum absolute atomic E-state index is 12.5. The number of benzene rings is 3. The standard InChI is InChI=1S/C27H27NO4/c1-17(2)19-13-11-18(12-14-19)15-25(26(29)30)28-27(31)32-16-24-22-9-5-3-7-20(22)21-8-4-6-10-23(21)24/h3-14,17,24-25H,15-16H2,1-2H3,(H,28,31)(H,29,30)/t25-/m1/s1. The summed E-state index contributed by atoms with van der Waals surface area (Å²) in [6, 6.07) is 22.9. The highest BCUT2D eigenvalue weighted by Gasteiger charge is 2.29. The quantitative estimate of drug-likeness (QED) is 0.531. The summed E-state index contributed by atoms with van der Waals surface area (Å²) in [5.41, 5.74) is 6.55. The Morgan fingerprint density at radius 3 is 2.00 bits per heavy atom. The number of alkyl carbamates (subject to hydrolysis) is 1. The van der Waals surface area contributed by atoms with E-state index in [9.17, 15) is 14.7 Å². The number of nitrogens with one attached hydrogen (secondary N) is 1. The second kappa shape index (κ2) is 9.27. The molecule has 32 heavy (non-hydrogen) atoms. The van der Waals surface area contributed by atoms with Crippen molar-refractivity contribution in [2.45, 2.75) is 38.1 Å². The number of aliphatic carboxylic acids is 1. The second-order valence-corrected chi connectivity index (χ2v) is 8.46. The predicted octanol–water partition coefficient (Wildman–Crippen LogP) is 5.34. The highest BCUT2D eigenvalue weighted by Crippen LogP contribution is 2.44. The second-order valence-electron chi connectivity index (χ2n) is 8.46.